The molecule has 5 rings (SSSR count). The Balaban J connectivity index is 1.37. The third-order valence-electron chi connectivity index (χ3n) is 6.46. The number of rotatable bonds is 10. The molecule has 0 bridgehead atoms. The molecule has 3 heterocycles. The summed E-state index contributed by atoms with van der Waals surface area (Å²) >= 11 is 0. The molecule has 0 aliphatic rings. The van der Waals surface area contributed by atoms with Gasteiger partial charge in [0.25, 0.3) is 5.56 Å². The fourth-order valence-electron chi connectivity index (χ4n) is 4.34. The summed E-state index contributed by atoms with van der Waals surface area (Å²) in [7, 11) is 1.57. The predicted molar refractivity (Wildman–Crippen MR) is 149 cm³/mol. The van der Waals surface area contributed by atoms with E-state index in [1.54, 1.807) is 49.7 Å². The van der Waals surface area contributed by atoms with Crippen molar-refractivity contribution < 1.29 is 23.8 Å². The number of aromatic nitrogens is 4. The van der Waals surface area contributed by atoms with Crippen molar-refractivity contribution in [1.82, 2.24) is 19.1 Å². The quantitative estimate of drug-likeness (QED) is 0.244. The molecule has 5 aromatic rings. The van der Waals surface area contributed by atoms with Gasteiger partial charge in [-0.15, -0.1) is 0 Å². The fourth-order valence-corrected chi connectivity index (χ4v) is 4.34. The Kier molecular flexibility index (Phi) is 7.85. The molecule has 2 aromatic carbocycles. The monoisotopic (exact) mass is 553 g/mol. The summed E-state index contributed by atoms with van der Waals surface area (Å²) in [6.07, 6.45) is 1.64. The van der Waals surface area contributed by atoms with Crippen LogP contribution in [0.4, 0.5) is 10.1 Å². The van der Waals surface area contributed by atoms with Gasteiger partial charge in [-0.1, -0.05) is 18.2 Å². The van der Waals surface area contributed by atoms with Gasteiger partial charge in [0.1, 0.15) is 18.2 Å². The number of carboxylic acids is 1. The van der Waals surface area contributed by atoms with Crippen LogP contribution in [0.3, 0.4) is 0 Å². The van der Waals surface area contributed by atoms with Gasteiger partial charge in [-0.05, 0) is 36.4 Å². The van der Waals surface area contributed by atoms with Crippen LogP contribution in [0.25, 0.3) is 27.1 Å². The molecule has 206 valence electrons. The van der Waals surface area contributed by atoms with Gasteiger partial charge in [0.05, 0.1) is 42.0 Å². The lowest BCUT2D eigenvalue weighted by Gasteiger charge is -2.11. The molecular weight excluding hydrogens is 529 g/mol. The summed E-state index contributed by atoms with van der Waals surface area (Å²) in [5, 5.41) is 9.40. The standard InChI is InChI=1S/C30H24FN5O5/c1-32-22-8-6-21(23(31)16-22)18-41-28-5-3-4-24(34-28)19-10-11-35(29(37)15-19)17-27-33-25-9-7-20(30(38)39)14-26(25)36(27)12-13-40-2/h3-11,14-16H,12-13,17-18H2,2H3,(H,38,39). The highest BCUT2D eigenvalue weighted by atomic mass is 19.1. The molecule has 0 atom stereocenters. The summed E-state index contributed by atoms with van der Waals surface area (Å²) in [5.74, 6) is -0.728. The van der Waals surface area contributed by atoms with Crippen LogP contribution in [-0.2, 0) is 24.4 Å². The number of methoxy groups -OCH3 is 1. The number of imidazole rings is 1. The van der Waals surface area contributed by atoms with Crippen molar-refractivity contribution in [3.05, 3.63) is 117 Å². The van der Waals surface area contributed by atoms with E-state index >= 15 is 0 Å². The number of nitrogens with zero attached hydrogens (tertiary/aromatic N) is 5. The number of pyridine rings is 2. The average Bonchev–Trinajstić information content (AvgIpc) is 3.32. The molecule has 0 saturated carbocycles. The van der Waals surface area contributed by atoms with Gasteiger partial charge in [0.15, 0.2) is 5.69 Å². The van der Waals surface area contributed by atoms with Crippen LogP contribution in [0.2, 0.25) is 0 Å². The number of aromatic carboxylic acids is 1. The van der Waals surface area contributed by atoms with Gasteiger partial charge in [-0.25, -0.2) is 24.0 Å². The van der Waals surface area contributed by atoms with Crippen LogP contribution in [0.1, 0.15) is 21.7 Å². The summed E-state index contributed by atoms with van der Waals surface area (Å²) in [6.45, 7) is 7.89. The van der Waals surface area contributed by atoms with Crippen molar-refractivity contribution in [1.29, 1.82) is 0 Å². The maximum absolute atomic E-state index is 14.2. The van der Waals surface area contributed by atoms with E-state index in [0.717, 1.165) is 6.07 Å². The molecular formula is C30H24FN5O5. The molecule has 11 heteroatoms. The maximum atomic E-state index is 14.2. The molecule has 0 saturated heterocycles. The van der Waals surface area contributed by atoms with Crippen molar-refractivity contribution >= 4 is 22.7 Å². The highest BCUT2D eigenvalue weighted by Gasteiger charge is 2.15. The highest BCUT2D eigenvalue weighted by molar-refractivity contribution is 5.92. The molecule has 10 nitrogen and oxygen atoms in total. The van der Waals surface area contributed by atoms with E-state index in [1.807, 2.05) is 4.57 Å². The minimum absolute atomic E-state index is 0.0693. The number of ether oxygens (including phenoxy) is 2. The minimum atomic E-state index is -1.04. The predicted octanol–water partition coefficient (Wildman–Crippen LogP) is 4.92. The lowest BCUT2D eigenvalue weighted by Crippen LogP contribution is -2.22. The fraction of sp³-hybridized carbons (Fsp3) is 0.167. The molecule has 0 unspecified atom stereocenters. The van der Waals surface area contributed by atoms with E-state index in [-0.39, 0.29) is 35.8 Å². The Morgan fingerprint density at radius 3 is 2.68 bits per heavy atom. The van der Waals surface area contributed by atoms with Gasteiger partial charge in [0, 0.05) is 43.1 Å². The van der Waals surface area contributed by atoms with E-state index < -0.39 is 11.8 Å². The van der Waals surface area contributed by atoms with Gasteiger partial charge in [-0.3, -0.25) is 4.79 Å². The molecule has 0 radical (unpaired) electrons. The van der Waals surface area contributed by atoms with E-state index in [9.17, 15) is 19.1 Å². The normalized spacial score (nSPS) is 11.0. The summed E-state index contributed by atoms with van der Waals surface area (Å²) < 4.78 is 28.4. The number of hydrogen-bond acceptors (Lipinski definition) is 6. The molecule has 1 N–H and O–H groups in total. The molecule has 0 spiro atoms. The van der Waals surface area contributed by atoms with Crippen LogP contribution >= 0.6 is 0 Å². The number of benzene rings is 2. The van der Waals surface area contributed by atoms with Gasteiger partial charge < -0.3 is 23.7 Å². The third kappa shape index (κ3) is 5.98. The first-order valence-electron chi connectivity index (χ1n) is 12.5. The average molecular weight is 554 g/mol. The molecule has 41 heavy (non-hydrogen) atoms. The van der Waals surface area contributed by atoms with Gasteiger partial charge in [-0.2, -0.15) is 0 Å². The minimum Gasteiger partial charge on any atom is -0.478 e. The van der Waals surface area contributed by atoms with Crippen molar-refractivity contribution in [3.63, 3.8) is 0 Å². The zero-order chi connectivity index (χ0) is 28.9. The van der Waals surface area contributed by atoms with E-state index in [1.165, 1.54) is 28.8 Å². The summed E-state index contributed by atoms with van der Waals surface area (Å²) in [6, 6.07) is 17.2. The van der Waals surface area contributed by atoms with Crippen LogP contribution in [0, 0.1) is 12.4 Å². The SMILES string of the molecule is [C-]#[N+]c1ccc(COc2cccc(-c3ccn(Cc4nc5ccc(C(=O)O)cc5n4CCOC)c(=O)c3)n2)c(F)c1. The summed E-state index contributed by atoms with van der Waals surface area (Å²) in [4.78, 5) is 36.9. The number of halogens is 1. The Morgan fingerprint density at radius 1 is 1.10 bits per heavy atom. The second-order valence-electron chi connectivity index (χ2n) is 9.10. The Morgan fingerprint density at radius 2 is 1.95 bits per heavy atom. The Labute approximate surface area is 233 Å². The van der Waals surface area contributed by atoms with Crippen molar-refractivity contribution in [3.8, 4) is 17.1 Å². The highest BCUT2D eigenvalue weighted by Crippen LogP contribution is 2.22. The second kappa shape index (κ2) is 11.8. The summed E-state index contributed by atoms with van der Waals surface area (Å²) in [5.41, 5.74) is 2.70. The first kappa shape index (κ1) is 27.2. The van der Waals surface area contributed by atoms with Crippen molar-refractivity contribution in [2.75, 3.05) is 13.7 Å². The zero-order valence-corrected chi connectivity index (χ0v) is 22.0. The number of carbonyl (C=O) groups is 1. The lowest BCUT2D eigenvalue weighted by molar-refractivity contribution is 0.0697. The zero-order valence-electron chi connectivity index (χ0n) is 22.0. The Hall–Kier alpha value is -5.34. The van der Waals surface area contributed by atoms with Crippen LogP contribution in [-0.4, -0.2) is 43.9 Å². The topological polar surface area (TPSA) is 113 Å². The lowest BCUT2D eigenvalue weighted by atomic mass is 10.2. The van der Waals surface area contributed by atoms with Gasteiger partial charge >= 0.3 is 5.97 Å². The first-order valence-corrected chi connectivity index (χ1v) is 12.5. The number of carboxylic acid groups (broad SMARTS) is 1. The van der Waals surface area contributed by atoms with E-state index in [4.69, 9.17) is 16.0 Å². The molecule has 0 amide bonds. The third-order valence-corrected chi connectivity index (χ3v) is 6.46. The Bertz CT molecular complexity index is 1860. The largest absolute Gasteiger partial charge is 0.478 e. The molecule has 0 fully saturated rings. The van der Waals surface area contributed by atoms with Gasteiger partial charge in [0.2, 0.25) is 5.88 Å². The van der Waals surface area contributed by atoms with Crippen molar-refractivity contribution in [2.45, 2.75) is 19.7 Å². The van der Waals surface area contributed by atoms with Crippen LogP contribution < -0.4 is 10.3 Å². The first-order chi connectivity index (χ1) is 19.9. The molecule has 0 aliphatic carbocycles. The maximum Gasteiger partial charge on any atom is 0.335 e. The number of fused-ring (bicyclic) bond motifs is 1. The number of hydrogen-bond donors (Lipinski definition) is 1. The smallest absolute Gasteiger partial charge is 0.335 e. The molecule has 0 aliphatic heterocycles. The van der Waals surface area contributed by atoms with Crippen LogP contribution in [0.5, 0.6) is 5.88 Å². The molecule has 3 aromatic heterocycles. The van der Waals surface area contributed by atoms with Crippen molar-refractivity contribution in [2.24, 2.45) is 0 Å². The van der Waals surface area contributed by atoms with E-state index in [2.05, 4.69) is 14.8 Å². The van der Waals surface area contributed by atoms with E-state index in [0.29, 0.717) is 46.8 Å². The second-order valence-corrected chi connectivity index (χ2v) is 9.10. The van der Waals surface area contributed by atoms with Crippen LogP contribution in [0.15, 0.2) is 77.7 Å².